The second-order valence-electron chi connectivity index (χ2n) is 4.70. The van der Waals surface area contributed by atoms with Gasteiger partial charge in [-0.3, -0.25) is 4.79 Å². The summed E-state index contributed by atoms with van der Waals surface area (Å²) in [5.74, 6) is -0.776. The Hall–Kier alpha value is -0.940. The van der Waals surface area contributed by atoms with Crippen LogP contribution in [0.25, 0.3) is 0 Å². The topological polar surface area (TPSA) is 62.2 Å². The second kappa shape index (κ2) is 5.41. The Labute approximate surface area is 99.7 Å². The van der Waals surface area contributed by atoms with Crippen molar-refractivity contribution < 1.29 is 9.90 Å². The molecule has 0 aliphatic heterocycles. The van der Waals surface area contributed by atoms with E-state index in [0.29, 0.717) is 13.1 Å². The Kier molecular flexibility index (Phi) is 4.44. The third-order valence-electron chi connectivity index (χ3n) is 2.11. The van der Waals surface area contributed by atoms with Gasteiger partial charge >= 0.3 is 5.97 Å². The van der Waals surface area contributed by atoms with Crippen LogP contribution >= 0.6 is 11.3 Å². The molecule has 90 valence electrons. The summed E-state index contributed by atoms with van der Waals surface area (Å²) in [5.41, 5.74) is 1.17. The van der Waals surface area contributed by atoms with Gasteiger partial charge in [0.15, 0.2) is 0 Å². The van der Waals surface area contributed by atoms with E-state index in [1.54, 1.807) is 11.3 Å². The van der Waals surface area contributed by atoms with Gasteiger partial charge in [-0.05, 0) is 0 Å². The van der Waals surface area contributed by atoms with Crippen molar-refractivity contribution >= 4 is 17.3 Å². The summed E-state index contributed by atoms with van der Waals surface area (Å²) in [7, 11) is 0. The van der Waals surface area contributed by atoms with Gasteiger partial charge < -0.3 is 10.4 Å². The van der Waals surface area contributed by atoms with Gasteiger partial charge in [0.1, 0.15) is 5.01 Å². The van der Waals surface area contributed by atoms with Crippen molar-refractivity contribution in [3.05, 3.63) is 16.1 Å². The molecule has 0 aromatic carbocycles. The molecule has 0 saturated heterocycles. The van der Waals surface area contributed by atoms with E-state index in [4.69, 9.17) is 5.11 Å². The highest BCUT2D eigenvalue weighted by molar-refractivity contribution is 7.09. The molecule has 0 unspecified atom stereocenters. The zero-order valence-electron chi connectivity index (χ0n) is 9.91. The van der Waals surface area contributed by atoms with E-state index in [-0.39, 0.29) is 11.8 Å². The number of aromatic nitrogens is 1. The van der Waals surface area contributed by atoms with Gasteiger partial charge in [-0.2, -0.15) is 0 Å². The average Bonchev–Trinajstić information content (AvgIpc) is 2.59. The highest BCUT2D eigenvalue weighted by Crippen LogP contribution is 2.23. The SMILES string of the molecule is CC(C)(C)c1csc(CNCCC(=O)O)n1. The van der Waals surface area contributed by atoms with Crippen LogP contribution in [0.2, 0.25) is 0 Å². The number of thiazole rings is 1. The van der Waals surface area contributed by atoms with Crippen LogP contribution < -0.4 is 5.32 Å². The van der Waals surface area contributed by atoms with Crippen molar-refractivity contribution in [1.29, 1.82) is 0 Å². The van der Waals surface area contributed by atoms with Crippen LogP contribution in [0.3, 0.4) is 0 Å². The highest BCUT2D eigenvalue weighted by atomic mass is 32.1. The molecule has 5 heteroatoms. The van der Waals surface area contributed by atoms with Gasteiger partial charge in [0, 0.05) is 23.9 Å². The van der Waals surface area contributed by atoms with Gasteiger partial charge in [0.25, 0.3) is 0 Å². The van der Waals surface area contributed by atoms with E-state index in [1.165, 1.54) is 0 Å². The number of carboxylic acids is 1. The fraction of sp³-hybridized carbons (Fsp3) is 0.636. The number of hydrogen-bond acceptors (Lipinski definition) is 4. The number of carbonyl (C=O) groups is 1. The largest absolute Gasteiger partial charge is 0.481 e. The van der Waals surface area contributed by atoms with E-state index in [9.17, 15) is 4.79 Å². The molecular formula is C11H18N2O2S. The zero-order chi connectivity index (χ0) is 12.2. The number of aliphatic carboxylic acids is 1. The molecule has 0 aliphatic carbocycles. The molecule has 1 aromatic rings. The van der Waals surface area contributed by atoms with E-state index < -0.39 is 5.97 Å². The van der Waals surface area contributed by atoms with Crippen LogP contribution in [0.4, 0.5) is 0 Å². The quantitative estimate of drug-likeness (QED) is 0.775. The predicted molar refractivity (Wildman–Crippen MR) is 64.8 cm³/mol. The molecule has 0 saturated carbocycles. The number of carboxylic acid groups (broad SMARTS) is 1. The van der Waals surface area contributed by atoms with Crippen molar-refractivity contribution in [3.63, 3.8) is 0 Å². The molecule has 0 radical (unpaired) electrons. The summed E-state index contributed by atoms with van der Waals surface area (Å²) in [5, 5.41) is 14.6. The first-order valence-corrected chi connectivity index (χ1v) is 6.15. The first-order chi connectivity index (χ1) is 7.39. The van der Waals surface area contributed by atoms with Gasteiger partial charge in [0.05, 0.1) is 12.1 Å². The van der Waals surface area contributed by atoms with E-state index in [0.717, 1.165) is 10.7 Å². The number of hydrogen-bond donors (Lipinski definition) is 2. The number of nitrogens with one attached hydrogen (secondary N) is 1. The monoisotopic (exact) mass is 242 g/mol. The van der Waals surface area contributed by atoms with Gasteiger partial charge in [-0.25, -0.2) is 4.98 Å². The van der Waals surface area contributed by atoms with E-state index in [1.807, 2.05) is 0 Å². The van der Waals surface area contributed by atoms with Crippen LogP contribution in [-0.4, -0.2) is 22.6 Å². The molecule has 0 spiro atoms. The van der Waals surface area contributed by atoms with Crippen molar-refractivity contribution in [2.24, 2.45) is 0 Å². The van der Waals surface area contributed by atoms with Crippen LogP contribution in [0.1, 0.15) is 37.9 Å². The van der Waals surface area contributed by atoms with Crippen molar-refractivity contribution in [3.8, 4) is 0 Å². The third kappa shape index (κ3) is 4.28. The summed E-state index contributed by atoms with van der Waals surface area (Å²) in [4.78, 5) is 14.8. The van der Waals surface area contributed by atoms with Crippen LogP contribution in [-0.2, 0) is 16.8 Å². The molecule has 1 rings (SSSR count). The van der Waals surface area contributed by atoms with Crippen molar-refractivity contribution in [2.45, 2.75) is 39.2 Å². The fourth-order valence-electron chi connectivity index (χ4n) is 1.13. The first kappa shape index (κ1) is 13.1. The summed E-state index contributed by atoms with van der Waals surface area (Å²) >= 11 is 1.61. The summed E-state index contributed by atoms with van der Waals surface area (Å²) in [6, 6.07) is 0. The van der Waals surface area contributed by atoms with E-state index in [2.05, 4.69) is 36.5 Å². The van der Waals surface area contributed by atoms with Gasteiger partial charge in [-0.1, -0.05) is 20.8 Å². The van der Waals surface area contributed by atoms with Crippen molar-refractivity contribution in [1.82, 2.24) is 10.3 Å². The molecule has 0 aliphatic rings. The molecule has 1 aromatic heterocycles. The normalized spacial score (nSPS) is 11.7. The molecule has 0 atom stereocenters. The third-order valence-corrected chi connectivity index (χ3v) is 2.96. The minimum absolute atomic E-state index is 0.0792. The lowest BCUT2D eigenvalue weighted by molar-refractivity contribution is -0.136. The highest BCUT2D eigenvalue weighted by Gasteiger charge is 2.17. The summed E-state index contributed by atoms with van der Waals surface area (Å²) in [6.45, 7) is 7.52. The molecule has 0 bridgehead atoms. The summed E-state index contributed by atoms with van der Waals surface area (Å²) < 4.78 is 0. The number of rotatable bonds is 5. The standard InChI is InChI=1S/C11H18N2O2S/c1-11(2,3)8-7-16-9(13-8)6-12-5-4-10(14)15/h7,12H,4-6H2,1-3H3,(H,14,15). The maximum Gasteiger partial charge on any atom is 0.304 e. The Morgan fingerprint density at radius 1 is 1.56 bits per heavy atom. The maximum absolute atomic E-state index is 10.3. The average molecular weight is 242 g/mol. The Morgan fingerprint density at radius 2 is 2.25 bits per heavy atom. The molecule has 16 heavy (non-hydrogen) atoms. The lowest BCUT2D eigenvalue weighted by atomic mass is 9.93. The fourth-order valence-corrected chi connectivity index (χ4v) is 2.12. The molecule has 4 nitrogen and oxygen atoms in total. The molecule has 2 N–H and O–H groups in total. The zero-order valence-corrected chi connectivity index (χ0v) is 10.7. The lowest BCUT2D eigenvalue weighted by Crippen LogP contribution is -2.18. The minimum Gasteiger partial charge on any atom is -0.481 e. The maximum atomic E-state index is 10.3. The smallest absolute Gasteiger partial charge is 0.304 e. The van der Waals surface area contributed by atoms with E-state index >= 15 is 0 Å². The Balaban J connectivity index is 2.38. The first-order valence-electron chi connectivity index (χ1n) is 5.27. The lowest BCUT2D eigenvalue weighted by Gasteiger charge is -2.14. The second-order valence-corrected chi connectivity index (χ2v) is 5.64. The molecular weight excluding hydrogens is 224 g/mol. The Bertz CT molecular complexity index is 355. The molecule has 0 amide bonds. The van der Waals surface area contributed by atoms with Gasteiger partial charge in [-0.15, -0.1) is 11.3 Å². The summed E-state index contributed by atoms with van der Waals surface area (Å²) in [6.07, 6.45) is 0.150. The van der Waals surface area contributed by atoms with Crippen LogP contribution in [0.5, 0.6) is 0 Å². The van der Waals surface area contributed by atoms with Crippen LogP contribution in [0.15, 0.2) is 5.38 Å². The number of nitrogens with zero attached hydrogens (tertiary/aromatic N) is 1. The Morgan fingerprint density at radius 3 is 2.75 bits per heavy atom. The molecule has 0 fully saturated rings. The predicted octanol–water partition coefficient (Wildman–Crippen LogP) is 2.00. The van der Waals surface area contributed by atoms with Crippen LogP contribution in [0, 0.1) is 0 Å². The minimum atomic E-state index is -0.776. The van der Waals surface area contributed by atoms with Gasteiger partial charge in [0.2, 0.25) is 0 Å². The molecule has 1 heterocycles. The van der Waals surface area contributed by atoms with Crippen molar-refractivity contribution in [2.75, 3.05) is 6.54 Å².